The van der Waals surface area contributed by atoms with Gasteiger partial charge in [-0.1, -0.05) is 12.1 Å². The van der Waals surface area contributed by atoms with Gasteiger partial charge in [-0.25, -0.2) is 0 Å². The highest BCUT2D eigenvalue weighted by atomic mass is 32.2. The molecule has 0 saturated carbocycles. The van der Waals surface area contributed by atoms with Crippen LogP contribution in [0.2, 0.25) is 0 Å². The molecule has 0 spiro atoms. The molecule has 0 aliphatic carbocycles. The molecule has 0 bridgehead atoms. The first-order chi connectivity index (χ1) is 12.3. The summed E-state index contributed by atoms with van der Waals surface area (Å²) in [4.78, 5) is 1.98. The van der Waals surface area contributed by atoms with E-state index in [-0.39, 0.29) is 6.04 Å². The summed E-state index contributed by atoms with van der Waals surface area (Å²) in [5.74, 6) is -0.430. The van der Waals surface area contributed by atoms with Gasteiger partial charge in [0.1, 0.15) is 11.8 Å². The third-order valence-corrected chi connectivity index (χ3v) is 4.44. The average molecular weight is 372 g/mol. The lowest BCUT2D eigenvalue weighted by molar-refractivity contribution is 0.482. The number of hydrogen-bond donors (Lipinski definition) is 1. The molecule has 0 fully saturated rings. The Bertz CT molecular complexity index is 901. The molecule has 0 heterocycles. The quantitative estimate of drug-likeness (QED) is 0.578. The van der Waals surface area contributed by atoms with Crippen molar-refractivity contribution >= 4 is 27.2 Å². The van der Waals surface area contributed by atoms with Crippen LogP contribution in [-0.4, -0.2) is 25.6 Å². The largest absolute Gasteiger partial charge is 0.356 e. The molecule has 0 radical (unpaired) electrons. The highest BCUT2D eigenvalue weighted by Gasteiger charge is 2.11. The SMILES string of the molecule is CCN(c1ccc(N=Nc2ccc(CS(=O)(=O)O)cc2)cc1)C(C)C#N. The van der Waals surface area contributed by atoms with E-state index in [2.05, 4.69) is 16.3 Å². The molecule has 136 valence electrons. The van der Waals surface area contributed by atoms with E-state index in [4.69, 9.17) is 9.81 Å². The zero-order valence-corrected chi connectivity index (χ0v) is 15.4. The van der Waals surface area contributed by atoms with Crippen LogP contribution in [0.3, 0.4) is 0 Å². The summed E-state index contributed by atoms with van der Waals surface area (Å²) in [6.45, 7) is 4.57. The van der Waals surface area contributed by atoms with Crippen LogP contribution in [0, 0.1) is 11.3 Å². The first-order valence-electron chi connectivity index (χ1n) is 8.04. The molecule has 26 heavy (non-hydrogen) atoms. The van der Waals surface area contributed by atoms with E-state index in [0.717, 1.165) is 12.2 Å². The topological polar surface area (TPSA) is 106 Å². The van der Waals surface area contributed by atoms with Crippen LogP contribution in [0.1, 0.15) is 19.4 Å². The van der Waals surface area contributed by atoms with E-state index in [0.29, 0.717) is 16.9 Å². The van der Waals surface area contributed by atoms with E-state index < -0.39 is 15.9 Å². The fourth-order valence-electron chi connectivity index (χ4n) is 2.45. The number of hydrogen-bond acceptors (Lipinski definition) is 6. The van der Waals surface area contributed by atoms with Gasteiger partial charge in [0.25, 0.3) is 10.1 Å². The third-order valence-electron chi connectivity index (χ3n) is 3.74. The van der Waals surface area contributed by atoms with E-state index in [1.54, 1.807) is 24.3 Å². The summed E-state index contributed by atoms with van der Waals surface area (Å²) in [5, 5.41) is 17.3. The lowest BCUT2D eigenvalue weighted by Crippen LogP contribution is -2.31. The van der Waals surface area contributed by atoms with E-state index >= 15 is 0 Å². The number of azo groups is 1. The molecule has 1 atom stereocenters. The zero-order chi connectivity index (χ0) is 19.2. The van der Waals surface area contributed by atoms with Gasteiger partial charge in [-0.05, 0) is 55.8 Å². The number of benzene rings is 2. The van der Waals surface area contributed by atoms with Crippen molar-refractivity contribution in [1.82, 2.24) is 0 Å². The second-order valence-corrected chi connectivity index (χ2v) is 7.15. The molecular weight excluding hydrogens is 352 g/mol. The number of rotatable bonds is 7. The Morgan fingerprint density at radius 2 is 1.58 bits per heavy atom. The minimum atomic E-state index is -4.05. The molecule has 2 aromatic rings. The van der Waals surface area contributed by atoms with E-state index in [1.807, 2.05) is 43.0 Å². The fourth-order valence-corrected chi connectivity index (χ4v) is 3.06. The maximum absolute atomic E-state index is 10.8. The Kier molecular flexibility index (Phi) is 6.44. The van der Waals surface area contributed by atoms with Gasteiger partial charge >= 0.3 is 0 Å². The molecule has 1 unspecified atom stereocenters. The Morgan fingerprint density at radius 1 is 1.08 bits per heavy atom. The number of nitriles is 1. The van der Waals surface area contributed by atoms with Gasteiger partial charge < -0.3 is 4.90 Å². The van der Waals surface area contributed by atoms with E-state index in [9.17, 15) is 8.42 Å². The van der Waals surface area contributed by atoms with Crippen molar-refractivity contribution in [1.29, 1.82) is 5.26 Å². The Morgan fingerprint density at radius 3 is 2.00 bits per heavy atom. The van der Waals surface area contributed by atoms with Gasteiger partial charge in [0.2, 0.25) is 0 Å². The van der Waals surface area contributed by atoms with Crippen LogP contribution in [0.4, 0.5) is 17.1 Å². The molecule has 2 rings (SSSR count). The molecular formula is C18H20N4O3S. The number of anilines is 1. The second kappa shape index (κ2) is 8.56. The highest BCUT2D eigenvalue weighted by Crippen LogP contribution is 2.23. The zero-order valence-electron chi connectivity index (χ0n) is 14.6. The predicted molar refractivity (Wildman–Crippen MR) is 100 cm³/mol. The van der Waals surface area contributed by atoms with Crippen LogP contribution in [-0.2, 0) is 15.9 Å². The predicted octanol–water partition coefficient (Wildman–Crippen LogP) is 4.23. The smallest absolute Gasteiger partial charge is 0.269 e. The lowest BCUT2D eigenvalue weighted by atomic mass is 10.2. The van der Waals surface area contributed by atoms with Gasteiger partial charge in [-0.15, -0.1) is 0 Å². The van der Waals surface area contributed by atoms with Crippen molar-refractivity contribution < 1.29 is 13.0 Å². The van der Waals surface area contributed by atoms with Crippen LogP contribution in [0.15, 0.2) is 58.8 Å². The van der Waals surface area contributed by atoms with Crippen LogP contribution < -0.4 is 4.90 Å². The Balaban J connectivity index is 2.08. The molecule has 1 N–H and O–H groups in total. The molecule has 8 heteroatoms. The molecule has 7 nitrogen and oxygen atoms in total. The van der Waals surface area contributed by atoms with Crippen molar-refractivity contribution in [2.45, 2.75) is 25.6 Å². The molecule has 0 aromatic heterocycles. The van der Waals surface area contributed by atoms with Crippen molar-refractivity contribution in [3.63, 3.8) is 0 Å². The third kappa shape index (κ3) is 5.65. The van der Waals surface area contributed by atoms with Crippen molar-refractivity contribution in [2.75, 3.05) is 11.4 Å². The van der Waals surface area contributed by atoms with Crippen molar-refractivity contribution in [3.8, 4) is 6.07 Å². The van der Waals surface area contributed by atoms with Crippen LogP contribution in [0.25, 0.3) is 0 Å². The monoisotopic (exact) mass is 372 g/mol. The minimum absolute atomic E-state index is 0.214. The molecule has 0 aliphatic heterocycles. The summed E-state index contributed by atoms with van der Waals surface area (Å²) < 4.78 is 30.5. The minimum Gasteiger partial charge on any atom is -0.356 e. The first-order valence-corrected chi connectivity index (χ1v) is 9.65. The second-order valence-electron chi connectivity index (χ2n) is 5.70. The summed E-state index contributed by atoms with van der Waals surface area (Å²) in [6.07, 6.45) is 0. The van der Waals surface area contributed by atoms with Crippen LogP contribution in [0.5, 0.6) is 0 Å². The van der Waals surface area contributed by atoms with Gasteiger partial charge in [0.05, 0.1) is 17.4 Å². The normalized spacial score (nSPS) is 12.7. The first kappa shape index (κ1) is 19.6. The molecule has 0 saturated heterocycles. The van der Waals surface area contributed by atoms with Gasteiger partial charge in [-0.2, -0.15) is 23.9 Å². The molecule has 0 amide bonds. The van der Waals surface area contributed by atoms with Crippen molar-refractivity contribution in [2.24, 2.45) is 10.2 Å². The summed E-state index contributed by atoms with van der Waals surface area (Å²) >= 11 is 0. The van der Waals surface area contributed by atoms with Crippen LogP contribution >= 0.6 is 0 Å². The van der Waals surface area contributed by atoms with Gasteiger partial charge in [-0.3, -0.25) is 4.55 Å². The Hall–Kier alpha value is -2.76. The van der Waals surface area contributed by atoms with Gasteiger partial charge in [0, 0.05) is 12.2 Å². The maximum Gasteiger partial charge on any atom is 0.269 e. The highest BCUT2D eigenvalue weighted by molar-refractivity contribution is 7.85. The Labute approximate surface area is 153 Å². The van der Waals surface area contributed by atoms with E-state index in [1.165, 1.54) is 0 Å². The summed E-state index contributed by atoms with van der Waals surface area (Å²) in [5.41, 5.74) is 2.65. The summed E-state index contributed by atoms with van der Waals surface area (Å²) in [7, 11) is -4.05. The molecule has 0 aliphatic rings. The lowest BCUT2D eigenvalue weighted by Gasteiger charge is -2.25. The summed E-state index contributed by atoms with van der Waals surface area (Å²) in [6, 6.07) is 15.8. The average Bonchev–Trinajstić information content (AvgIpc) is 2.61. The van der Waals surface area contributed by atoms with Crippen molar-refractivity contribution in [3.05, 3.63) is 54.1 Å². The standard InChI is InChI=1S/C18H20N4O3S/c1-3-22(14(2)12-19)18-10-8-17(9-11-18)21-20-16-6-4-15(5-7-16)13-26(23,24)25/h4-11,14H,3,13H2,1-2H3,(H,23,24,25). The number of nitrogens with zero attached hydrogens (tertiary/aromatic N) is 4. The maximum atomic E-state index is 10.8. The van der Waals surface area contributed by atoms with Gasteiger partial charge in [0.15, 0.2) is 0 Å². The fraction of sp³-hybridized carbons (Fsp3) is 0.278. The molecule has 2 aromatic carbocycles.